The van der Waals surface area contributed by atoms with Gasteiger partial charge in [0.2, 0.25) is 5.91 Å². The standard InChI is InChI=1S/C22H31F3N4O.HI/c1-2-26-21(27-14-16-8-10-18(11-9-16)22(23,24)25)28-19-12-13-29(15-19)20(30)17-6-4-3-5-7-17;/h8-11,17,19H,2-7,12-15H2,1H3,(H2,26,27,28);1H. The third-order valence-corrected chi connectivity index (χ3v) is 5.84. The van der Waals surface area contributed by atoms with Crippen LogP contribution in [-0.2, 0) is 17.5 Å². The molecule has 1 aromatic carbocycles. The maximum absolute atomic E-state index is 12.7. The fourth-order valence-electron chi connectivity index (χ4n) is 4.17. The minimum atomic E-state index is -4.33. The lowest BCUT2D eigenvalue weighted by atomic mass is 9.88. The maximum atomic E-state index is 12.7. The Kier molecular flexibility index (Phi) is 9.90. The highest BCUT2D eigenvalue weighted by atomic mass is 127. The van der Waals surface area contributed by atoms with Gasteiger partial charge in [0.25, 0.3) is 0 Å². The zero-order chi connectivity index (χ0) is 21.6. The van der Waals surface area contributed by atoms with Gasteiger partial charge in [0.05, 0.1) is 12.1 Å². The number of aliphatic imine (C=N–C) groups is 1. The predicted octanol–water partition coefficient (Wildman–Crippen LogP) is 4.56. The fourth-order valence-corrected chi connectivity index (χ4v) is 4.17. The molecule has 1 unspecified atom stereocenters. The molecule has 0 radical (unpaired) electrons. The zero-order valence-corrected chi connectivity index (χ0v) is 20.2. The topological polar surface area (TPSA) is 56.7 Å². The molecular formula is C22H32F3IN4O. The second kappa shape index (κ2) is 11.9. The van der Waals surface area contributed by atoms with Crippen LogP contribution in [0.3, 0.4) is 0 Å². The Labute approximate surface area is 199 Å². The van der Waals surface area contributed by atoms with E-state index in [9.17, 15) is 18.0 Å². The first-order valence-corrected chi connectivity index (χ1v) is 10.9. The van der Waals surface area contributed by atoms with Gasteiger partial charge in [-0.25, -0.2) is 4.99 Å². The fraction of sp³-hybridized carbons (Fsp3) is 0.636. The van der Waals surface area contributed by atoms with Crippen LogP contribution in [0.25, 0.3) is 0 Å². The van der Waals surface area contributed by atoms with E-state index in [1.165, 1.54) is 18.6 Å². The summed E-state index contributed by atoms with van der Waals surface area (Å²) in [6.07, 6.45) is 2.07. The summed E-state index contributed by atoms with van der Waals surface area (Å²) < 4.78 is 38.1. The van der Waals surface area contributed by atoms with Crippen molar-refractivity contribution in [1.82, 2.24) is 15.5 Å². The largest absolute Gasteiger partial charge is 0.416 e. The molecule has 0 aromatic heterocycles. The first-order chi connectivity index (χ1) is 14.4. The average Bonchev–Trinajstić information content (AvgIpc) is 3.20. The second-order valence-electron chi connectivity index (χ2n) is 8.14. The first kappa shape index (κ1) is 25.7. The smallest absolute Gasteiger partial charge is 0.357 e. The number of amides is 1. The Morgan fingerprint density at radius 2 is 1.81 bits per heavy atom. The number of rotatable bonds is 5. The Bertz CT molecular complexity index is 733. The van der Waals surface area contributed by atoms with Gasteiger partial charge in [-0.3, -0.25) is 4.79 Å². The van der Waals surface area contributed by atoms with E-state index in [4.69, 9.17) is 0 Å². The summed E-state index contributed by atoms with van der Waals surface area (Å²) in [5.41, 5.74) is 0.0506. The second-order valence-corrected chi connectivity index (χ2v) is 8.14. The molecule has 0 bridgehead atoms. The van der Waals surface area contributed by atoms with Crippen LogP contribution in [0.4, 0.5) is 13.2 Å². The van der Waals surface area contributed by atoms with Crippen LogP contribution in [0.5, 0.6) is 0 Å². The van der Waals surface area contributed by atoms with Gasteiger partial charge in [-0.1, -0.05) is 31.4 Å². The van der Waals surface area contributed by atoms with Crippen LogP contribution < -0.4 is 10.6 Å². The summed E-state index contributed by atoms with van der Waals surface area (Å²) in [6, 6.07) is 5.20. The molecule has 31 heavy (non-hydrogen) atoms. The summed E-state index contributed by atoms with van der Waals surface area (Å²) in [7, 11) is 0. The van der Waals surface area contributed by atoms with E-state index in [1.807, 2.05) is 11.8 Å². The molecule has 1 aromatic rings. The lowest BCUT2D eigenvalue weighted by molar-refractivity contribution is -0.137. The van der Waals surface area contributed by atoms with Crippen molar-refractivity contribution in [1.29, 1.82) is 0 Å². The van der Waals surface area contributed by atoms with Crippen molar-refractivity contribution in [3.05, 3.63) is 35.4 Å². The van der Waals surface area contributed by atoms with Gasteiger partial charge in [0.15, 0.2) is 5.96 Å². The van der Waals surface area contributed by atoms with Crippen LogP contribution in [-0.4, -0.2) is 42.4 Å². The monoisotopic (exact) mass is 552 g/mol. The van der Waals surface area contributed by atoms with E-state index in [2.05, 4.69) is 15.6 Å². The number of carbonyl (C=O) groups is 1. The molecule has 174 valence electrons. The van der Waals surface area contributed by atoms with Crippen LogP contribution in [0.15, 0.2) is 29.3 Å². The number of guanidine groups is 1. The van der Waals surface area contributed by atoms with Crippen molar-refractivity contribution < 1.29 is 18.0 Å². The van der Waals surface area contributed by atoms with Crippen LogP contribution >= 0.6 is 24.0 Å². The zero-order valence-electron chi connectivity index (χ0n) is 17.9. The maximum Gasteiger partial charge on any atom is 0.416 e. The summed E-state index contributed by atoms with van der Waals surface area (Å²) in [4.78, 5) is 19.2. The highest BCUT2D eigenvalue weighted by Gasteiger charge is 2.32. The summed E-state index contributed by atoms with van der Waals surface area (Å²) >= 11 is 0. The van der Waals surface area contributed by atoms with E-state index < -0.39 is 11.7 Å². The molecule has 9 heteroatoms. The van der Waals surface area contributed by atoms with Gasteiger partial charge < -0.3 is 15.5 Å². The quantitative estimate of drug-likeness (QED) is 0.320. The van der Waals surface area contributed by atoms with Crippen LogP contribution in [0.2, 0.25) is 0 Å². The van der Waals surface area contributed by atoms with Crippen molar-refractivity contribution in [2.75, 3.05) is 19.6 Å². The van der Waals surface area contributed by atoms with E-state index in [0.717, 1.165) is 50.8 Å². The van der Waals surface area contributed by atoms with Crippen LogP contribution in [0.1, 0.15) is 56.6 Å². The minimum absolute atomic E-state index is 0. The normalized spacial score (nSPS) is 20.3. The Hall–Kier alpha value is -1.52. The van der Waals surface area contributed by atoms with Crippen LogP contribution in [0, 0.1) is 5.92 Å². The number of hydrogen-bond donors (Lipinski definition) is 2. The lowest BCUT2D eigenvalue weighted by Gasteiger charge is -2.26. The molecule has 0 spiro atoms. The SMILES string of the molecule is CCNC(=NCc1ccc(C(F)(F)F)cc1)NC1CCN(C(=O)C2CCCCC2)C1.I. The molecule has 1 aliphatic heterocycles. The third-order valence-electron chi connectivity index (χ3n) is 5.84. The number of nitrogens with one attached hydrogen (secondary N) is 2. The first-order valence-electron chi connectivity index (χ1n) is 10.9. The van der Waals surface area contributed by atoms with Gasteiger partial charge >= 0.3 is 6.18 Å². The molecule has 3 rings (SSSR count). The molecule has 2 aliphatic rings. The van der Waals surface area contributed by atoms with Crippen molar-refractivity contribution in [2.45, 2.75) is 64.2 Å². The predicted molar refractivity (Wildman–Crippen MR) is 126 cm³/mol. The number of carbonyl (C=O) groups excluding carboxylic acids is 1. The van der Waals surface area contributed by atoms with Crippen molar-refractivity contribution in [2.24, 2.45) is 10.9 Å². The molecule has 2 fully saturated rings. The van der Waals surface area contributed by atoms with Crippen molar-refractivity contribution in [3.63, 3.8) is 0 Å². The molecule has 5 nitrogen and oxygen atoms in total. The highest BCUT2D eigenvalue weighted by molar-refractivity contribution is 14.0. The molecule has 1 atom stereocenters. The number of alkyl halides is 3. The van der Waals surface area contributed by atoms with Gasteiger partial charge in [-0.05, 0) is 43.9 Å². The Balaban J connectivity index is 0.00000341. The van der Waals surface area contributed by atoms with E-state index in [-0.39, 0.29) is 48.4 Å². The molecule has 1 heterocycles. The van der Waals surface area contributed by atoms with Gasteiger partial charge in [0, 0.05) is 31.6 Å². The third kappa shape index (κ3) is 7.54. The molecule has 2 N–H and O–H groups in total. The number of nitrogens with zero attached hydrogens (tertiary/aromatic N) is 2. The lowest BCUT2D eigenvalue weighted by Crippen LogP contribution is -2.45. The molecular weight excluding hydrogens is 520 g/mol. The van der Waals surface area contributed by atoms with Crippen molar-refractivity contribution in [3.8, 4) is 0 Å². The molecule has 1 aliphatic carbocycles. The van der Waals surface area contributed by atoms with E-state index in [0.29, 0.717) is 24.6 Å². The van der Waals surface area contributed by atoms with E-state index in [1.54, 1.807) is 0 Å². The number of likely N-dealkylation sites (tertiary alicyclic amines) is 1. The molecule has 1 saturated heterocycles. The average molecular weight is 552 g/mol. The summed E-state index contributed by atoms with van der Waals surface area (Å²) in [6.45, 7) is 4.34. The Morgan fingerprint density at radius 3 is 2.42 bits per heavy atom. The van der Waals surface area contributed by atoms with Gasteiger partial charge in [0.1, 0.15) is 0 Å². The highest BCUT2D eigenvalue weighted by Crippen LogP contribution is 2.29. The van der Waals surface area contributed by atoms with Gasteiger partial charge in [-0.2, -0.15) is 13.2 Å². The molecule has 1 saturated carbocycles. The Morgan fingerprint density at radius 1 is 1.13 bits per heavy atom. The number of benzene rings is 1. The van der Waals surface area contributed by atoms with E-state index >= 15 is 0 Å². The van der Waals surface area contributed by atoms with Gasteiger partial charge in [-0.15, -0.1) is 24.0 Å². The number of hydrogen-bond acceptors (Lipinski definition) is 2. The summed E-state index contributed by atoms with van der Waals surface area (Å²) in [5, 5.41) is 6.55. The van der Waals surface area contributed by atoms with Crippen molar-refractivity contribution >= 4 is 35.8 Å². The summed E-state index contributed by atoms with van der Waals surface area (Å²) in [5.74, 6) is 1.08. The number of halogens is 4. The minimum Gasteiger partial charge on any atom is -0.357 e. The molecule has 1 amide bonds.